The van der Waals surface area contributed by atoms with Gasteiger partial charge in [0.2, 0.25) is 11.7 Å². The Bertz CT molecular complexity index is 1820. The van der Waals surface area contributed by atoms with Gasteiger partial charge in [-0.25, -0.2) is 8.88 Å². The predicted octanol–water partition coefficient (Wildman–Crippen LogP) is -1.81. The molecule has 1 aromatic carbocycles. The van der Waals surface area contributed by atoms with Gasteiger partial charge >= 0.3 is 11.6 Å². The summed E-state index contributed by atoms with van der Waals surface area (Å²) in [6.07, 6.45) is -7.94. The van der Waals surface area contributed by atoms with Crippen LogP contribution in [-0.2, 0) is 34.5 Å². The molecule has 0 radical (unpaired) electrons. The fraction of sp³-hybridized carbons (Fsp3) is 0.478. The number of nitro groups is 1. The van der Waals surface area contributed by atoms with Gasteiger partial charge < -0.3 is 44.0 Å². The first-order valence-corrected chi connectivity index (χ1v) is 16.0. The third-order valence-electron chi connectivity index (χ3n) is 6.59. The number of H-pyrrole nitrogens is 1. The summed E-state index contributed by atoms with van der Waals surface area (Å²) in [6, 6.07) is 5.66. The summed E-state index contributed by atoms with van der Waals surface area (Å²) in [5, 5.41) is 45.6. The standard InChI is InChI=1S/C23H30N6O15P2/c1-23(2,3)17(11-7-5-6-8-12(11)29(34)35)43-22(33)26-21-24-18-14(19(32)25-21)27(4)10-28(18)20-16(31)15(30)13(42-20)9-41-46(39,40)44-45(36,37)38/h5-8,10,13,15-17,20,30-31H,9H2,1-4H3,(H4-,24,25,26,32,33,36,37,38,39,40)/p-2/t13-,15?,16+,17?,20-/m1/s1. The summed E-state index contributed by atoms with van der Waals surface area (Å²) >= 11 is 0. The Hall–Kier alpha value is -3.62. The van der Waals surface area contributed by atoms with E-state index >= 15 is 0 Å². The average Bonchev–Trinajstić information content (AvgIpc) is 3.39. The maximum absolute atomic E-state index is 13.0. The SMILES string of the molecule is Cn1c[n+]([C@@H]2O[C@H](COP(=O)([O-])OP(=O)([O-])O)C(O)[C@@H]2O)c2nc(/N=C(\[O-])OC(c3ccccc3[N+](=O)[O-])C(C)(C)C)[nH]c(=O)c21. The fourth-order valence-corrected chi connectivity index (χ4v) is 6.22. The lowest BCUT2D eigenvalue weighted by Gasteiger charge is -2.36. The molecule has 1 aliphatic rings. The molecule has 0 spiro atoms. The van der Waals surface area contributed by atoms with Crippen molar-refractivity contribution in [2.75, 3.05) is 6.61 Å². The molecule has 23 heteroatoms. The first-order valence-electron chi connectivity index (χ1n) is 13.1. The summed E-state index contributed by atoms with van der Waals surface area (Å²) in [5.41, 5.74) is -2.20. The van der Waals surface area contributed by atoms with E-state index in [0.29, 0.717) is 0 Å². The van der Waals surface area contributed by atoms with E-state index in [4.69, 9.17) is 14.4 Å². The number of para-hydroxylation sites is 1. The number of nitrogens with zero attached hydrogens (tertiary/aromatic N) is 5. The molecule has 1 aliphatic heterocycles. The molecule has 3 aromatic rings. The van der Waals surface area contributed by atoms with Crippen molar-refractivity contribution in [2.24, 2.45) is 17.5 Å². The number of hydrogen-bond acceptors (Lipinski definition) is 16. The van der Waals surface area contributed by atoms with Gasteiger partial charge in [0.25, 0.3) is 26.9 Å². The van der Waals surface area contributed by atoms with Crippen LogP contribution in [0.3, 0.4) is 0 Å². The number of aliphatic imine (C=N–C) groups is 1. The molecule has 2 aromatic heterocycles. The zero-order chi connectivity index (χ0) is 34.4. The highest BCUT2D eigenvalue weighted by Gasteiger charge is 2.47. The largest absolute Gasteiger partial charge is 0.756 e. The van der Waals surface area contributed by atoms with E-state index in [1.165, 1.54) is 42.2 Å². The number of aryl methyl sites for hydroxylation is 1. The second-order valence-electron chi connectivity index (χ2n) is 11.1. The summed E-state index contributed by atoms with van der Waals surface area (Å²) < 4.78 is 43.5. The first-order chi connectivity index (χ1) is 21.2. The van der Waals surface area contributed by atoms with Crippen molar-refractivity contribution < 1.29 is 66.9 Å². The minimum Gasteiger partial charge on any atom is -0.756 e. The van der Waals surface area contributed by atoms with E-state index < -0.39 is 80.8 Å². The van der Waals surface area contributed by atoms with Crippen molar-refractivity contribution in [3.05, 3.63) is 56.6 Å². The molecule has 0 bridgehead atoms. The van der Waals surface area contributed by atoms with Gasteiger partial charge in [-0.05, 0) is 5.41 Å². The lowest BCUT2D eigenvalue weighted by molar-refractivity contribution is -0.745. The van der Waals surface area contributed by atoms with Crippen LogP contribution in [0, 0.1) is 15.5 Å². The number of fused-ring (bicyclic) bond motifs is 1. The first kappa shape index (κ1) is 35.2. The summed E-state index contributed by atoms with van der Waals surface area (Å²) in [6.45, 7) is 3.98. The van der Waals surface area contributed by atoms with Crippen molar-refractivity contribution in [2.45, 2.75) is 51.4 Å². The summed E-state index contributed by atoms with van der Waals surface area (Å²) in [5.74, 6) is -0.568. The molecule has 4 rings (SSSR count). The number of rotatable bonds is 10. The molecular weight excluding hydrogens is 662 g/mol. The number of aromatic nitrogens is 4. The molecule has 4 N–H and O–H groups in total. The van der Waals surface area contributed by atoms with Crippen molar-refractivity contribution in [1.29, 1.82) is 0 Å². The molecule has 46 heavy (non-hydrogen) atoms. The van der Waals surface area contributed by atoms with E-state index in [0.717, 1.165) is 4.57 Å². The molecule has 7 atom stereocenters. The molecule has 252 valence electrons. The molecule has 0 saturated carbocycles. The number of nitrogens with one attached hydrogen (secondary N) is 1. The molecule has 3 heterocycles. The monoisotopic (exact) mass is 690 g/mol. The number of benzene rings is 1. The zero-order valence-corrected chi connectivity index (χ0v) is 26.1. The summed E-state index contributed by atoms with van der Waals surface area (Å²) in [7, 11) is -9.94. The van der Waals surface area contributed by atoms with Crippen LogP contribution >= 0.6 is 15.6 Å². The molecule has 1 saturated heterocycles. The predicted molar refractivity (Wildman–Crippen MR) is 145 cm³/mol. The van der Waals surface area contributed by atoms with Gasteiger partial charge in [0.05, 0.1) is 18.6 Å². The Morgan fingerprint density at radius 2 is 1.91 bits per heavy atom. The van der Waals surface area contributed by atoms with Crippen LogP contribution < -0.4 is 25.0 Å². The van der Waals surface area contributed by atoms with Crippen LogP contribution in [0.4, 0.5) is 11.6 Å². The topological polar surface area (TPSA) is 311 Å². The van der Waals surface area contributed by atoms with Gasteiger partial charge in [0.15, 0.2) is 12.4 Å². The van der Waals surface area contributed by atoms with Gasteiger partial charge in [0, 0.05) is 17.7 Å². The van der Waals surface area contributed by atoms with Crippen molar-refractivity contribution in [3.63, 3.8) is 0 Å². The Kier molecular flexibility index (Phi) is 9.87. The van der Waals surface area contributed by atoms with Gasteiger partial charge in [0.1, 0.15) is 18.3 Å². The van der Waals surface area contributed by atoms with E-state index in [1.807, 2.05) is 0 Å². The average molecular weight is 690 g/mol. The smallest absolute Gasteiger partial charge is 0.314 e. The molecule has 1 fully saturated rings. The number of hydrogen-bond donors (Lipinski definition) is 4. The maximum atomic E-state index is 13.0. The van der Waals surface area contributed by atoms with Crippen LogP contribution in [0.15, 0.2) is 40.4 Å². The Balaban J connectivity index is 1.65. The summed E-state index contributed by atoms with van der Waals surface area (Å²) in [4.78, 5) is 65.0. The molecule has 4 unspecified atom stereocenters. The van der Waals surface area contributed by atoms with E-state index in [2.05, 4.69) is 23.8 Å². The van der Waals surface area contributed by atoms with Crippen molar-refractivity contribution >= 4 is 44.5 Å². The number of aromatic amines is 1. The molecular formula is C23H28N6O15P2-2. The molecule has 21 nitrogen and oxygen atoms in total. The number of ether oxygens (including phenoxy) is 2. The van der Waals surface area contributed by atoms with Crippen LogP contribution in [-0.4, -0.2) is 65.6 Å². The number of phosphoric acid groups is 2. The lowest BCUT2D eigenvalue weighted by Crippen LogP contribution is -2.46. The van der Waals surface area contributed by atoms with Gasteiger partial charge in [-0.2, -0.15) is 4.99 Å². The number of aliphatic hydroxyl groups is 2. The third kappa shape index (κ3) is 7.84. The molecule has 0 amide bonds. The van der Waals surface area contributed by atoms with Gasteiger partial charge in [-0.1, -0.05) is 44.0 Å². The van der Waals surface area contributed by atoms with Crippen LogP contribution in [0.1, 0.15) is 38.7 Å². The minimum atomic E-state index is -5.74. The number of nitro benzene ring substituents is 1. The Morgan fingerprint density at radius 1 is 1.26 bits per heavy atom. The second-order valence-corrected chi connectivity index (χ2v) is 13.8. The number of aliphatic hydroxyl groups excluding tert-OH is 2. The van der Waals surface area contributed by atoms with Crippen molar-refractivity contribution in [1.82, 2.24) is 14.5 Å². The maximum Gasteiger partial charge on any atom is 0.314 e. The highest BCUT2D eigenvalue weighted by atomic mass is 31.3. The van der Waals surface area contributed by atoms with E-state index in [1.54, 1.807) is 20.8 Å². The minimum absolute atomic E-state index is 0.101. The van der Waals surface area contributed by atoms with E-state index in [9.17, 15) is 49.1 Å². The van der Waals surface area contributed by atoms with Crippen LogP contribution in [0.25, 0.3) is 11.2 Å². The number of imidazole rings is 1. The van der Waals surface area contributed by atoms with E-state index in [-0.39, 0.29) is 22.4 Å². The molecule has 0 aliphatic carbocycles. The van der Waals surface area contributed by atoms with Crippen LogP contribution in [0.2, 0.25) is 0 Å². The lowest BCUT2D eigenvalue weighted by atomic mass is 9.84. The van der Waals surface area contributed by atoms with Gasteiger partial charge in [-0.3, -0.25) is 33.6 Å². The highest BCUT2D eigenvalue weighted by Crippen LogP contribution is 2.52. The third-order valence-corrected chi connectivity index (χ3v) is 8.68. The zero-order valence-electron chi connectivity index (χ0n) is 24.4. The Morgan fingerprint density at radius 3 is 2.52 bits per heavy atom. The highest BCUT2D eigenvalue weighted by molar-refractivity contribution is 7.59. The normalized spacial score (nSPS) is 24.0. The van der Waals surface area contributed by atoms with Crippen molar-refractivity contribution in [3.8, 4) is 0 Å². The quantitative estimate of drug-likeness (QED) is 0.0455. The Labute approximate surface area is 258 Å². The number of phosphoric ester groups is 1. The fourth-order valence-electron chi connectivity index (χ4n) is 4.69. The second kappa shape index (κ2) is 12.9. The van der Waals surface area contributed by atoms with Crippen LogP contribution in [0.5, 0.6) is 0 Å². The van der Waals surface area contributed by atoms with Gasteiger partial charge in [-0.15, -0.1) is 0 Å².